The largest absolute Gasteiger partial charge is 0.354 e. The lowest BCUT2D eigenvalue weighted by Gasteiger charge is -2.29. The summed E-state index contributed by atoms with van der Waals surface area (Å²) < 4.78 is 0. The van der Waals surface area contributed by atoms with Crippen molar-refractivity contribution in [3.05, 3.63) is 70.2 Å². The topological polar surface area (TPSA) is 49.4 Å². The quantitative estimate of drug-likeness (QED) is 0.561. The third-order valence-electron chi connectivity index (χ3n) is 5.01. The number of carbonyl (C=O) groups excluding carboxylic acids is 2. The predicted molar refractivity (Wildman–Crippen MR) is 119 cm³/mol. The summed E-state index contributed by atoms with van der Waals surface area (Å²) in [5.41, 5.74) is 3.27. The van der Waals surface area contributed by atoms with Crippen LogP contribution < -0.4 is 5.32 Å². The second kappa shape index (κ2) is 11.6. The fraction of sp³-hybridized carbons (Fsp3) is 0.417. The number of halogens is 1. The van der Waals surface area contributed by atoms with Gasteiger partial charge in [0.25, 0.3) is 0 Å². The fourth-order valence-electron chi connectivity index (χ4n) is 3.05. The molecule has 0 aliphatic carbocycles. The van der Waals surface area contributed by atoms with Crippen LogP contribution in [0.15, 0.2) is 48.5 Å². The average molecular weight is 415 g/mol. The molecule has 0 bridgehead atoms. The molecule has 2 aromatic carbocycles. The highest BCUT2D eigenvalue weighted by Crippen LogP contribution is 2.16. The van der Waals surface area contributed by atoms with Crippen molar-refractivity contribution < 1.29 is 9.59 Å². The highest BCUT2D eigenvalue weighted by molar-refractivity contribution is 6.30. The second-order valence-corrected chi connectivity index (χ2v) is 7.89. The zero-order valence-electron chi connectivity index (χ0n) is 17.6. The van der Waals surface area contributed by atoms with Crippen LogP contribution in [-0.4, -0.2) is 29.3 Å². The maximum absolute atomic E-state index is 13.1. The van der Waals surface area contributed by atoms with Gasteiger partial charge < -0.3 is 10.2 Å². The first-order chi connectivity index (χ1) is 13.9. The van der Waals surface area contributed by atoms with E-state index in [1.165, 1.54) is 5.56 Å². The maximum Gasteiger partial charge on any atom is 0.242 e. The van der Waals surface area contributed by atoms with Crippen molar-refractivity contribution in [3.63, 3.8) is 0 Å². The number of rotatable bonds is 10. The van der Waals surface area contributed by atoms with Gasteiger partial charge in [-0.1, -0.05) is 66.9 Å². The van der Waals surface area contributed by atoms with Crippen molar-refractivity contribution in [2.75, 3.05) is 6.54 Å². The molecule has 156 valence electrons. The van der Waals surface area contributed by atoms with Crippen LogP contribution in [0.2, 0.25) is 5.02 Å². The van der Waals surface area contributed by atoms with E-state index in [-0.39, 0.29) is 11.8 Å². The molecule has 0 saturated carbocycles. The SMILES string of the molecule is CCCCNC(=O)C(C)N(Cc1ccc(Cl)cc1)C(=O)CCc1ccc(C)cc1. The van der Waals surface area contributed by atoms with Gasteiger partial charge in [0.05, 0.1) is 0 Å². The van der Waals surface area contributed by atoms with E-state index in [2.05, 4.69) is 24.4 Å². The lowest BCUT2D eigenvalue weighted by atomic mass is 10.1. The molecule has 4 nitrogen and oxygen atoms in total. The van der Waals surface area contributed by atoms with Gasteiger partial charge in [-0.05, 0) is 49.9 Å². The highest BCUT2D eigenvalue weighted by Gasteiger charge is 2.25. The molecule has 2 amide bonds. The standard InChI is InChI=1S/C24H31ClN2O2/c1-4-5-16-26-24(29)19(3)27(17-21-10-13-22(25)14-11-21)23(28)15-12-20-8-6-18(2)7-9-20/h6-11,13-14,19H,4-5,12,15-17H2,1-3H3,(H,26,29). The number of nitrogens with one attached hydrogen (secondary N) is 1. The number of hydrogen-bond donors (Lipinski definition) is 1. The van der Waals surface area contributed by atoms with Crippen molar-refractivity contribution in [3.8, 4) is 0 Å². The minimum atomic E-state index is -0.534. The minimum Gasteiger partial charge on any atom is -0.354 e. The molecule has 0 saturated heterocycles. The molecular weight excluding hydrogens is 384 g/mol. The van der Waals surface area contributed by atoms with Crippen LogP contribution in [0, 0.1) is 6.92 Å². The Balaban J connectivity index is 2.08. The zero-order valence-corrected chi connectivity index (χ0v) is 18.3. The molecule has 0 fully saturated rings. The summed E-state index contributed by atoms with van der Waals surface area (Å²) in [5.74, 6) is -0.144. The molecule has 1 atom stereocenters. The molecule has 5 heteroatoms. The van der Waals surface area contributed by atoms with E-state index in [1.54, 1.807) is 24.0 Å². The van der Waals surface area contributed by atoms with E-state index in [0.717, 1.165) is 24.0 Å². The van der Waals surface area contributed by atoms with E-state index in [1.807, 2.05) is 31.2 Å². The smallest absolute Gasteiger partial charge is 0.242 e. The number of aryl methyl sites for hydroxylation is 2. The summed E-state index contributed by atoms with van der Waals surface area (Å²) >= 11 is 5.98. The van der Waals surface area contributed by atoms with Crippen LogP contribution in [-0.2, 0) is 22.6 Å². The third kappa shape index (κ3) is 7.54. The summed E-state index contributed by atoms with van der Waals surface area (Å²) in [6, 6.07) is 15.1. The molecule has 0 spiro atoms. The molecule has 0 aromatic heterocycles. The van der Waals surface area contributed by atoms with Gasteiger partial charge in [0, 0.05) is 24.5 Å². The summed E-state index contributed by atoms with van der Waals surface area (Å²) in [6.07, 6.45) is 2.96. The van der Waals surface area contributed by atoms with E-state index < -0.39 is 6.04 Å². The Morgan fingerprint density at radius 1 is 1.03 bits per heavy atom. The maximum atomic E-state index is 13.1. The molecule has 0 aliphatic heterocycles. The van der Waals surface area contributed by atoms with Crippen molar-refractivity contribution in [2.24, 2.45) is 0 Å². The van der Waals surface area contributed by atoms with Crippen LogP contribution >= 0.6 is 11.6 Å². The highest BCUT2D eigenvalue weighted by atomic mass is 35.5. The fourth-order valence-corrected chi connectivity index (χ4v) is 3.18. The van der Waals surface area contributed by atoms with Gasteiger partial charge in [0.2, 0.25) is 11.8 Å². The Bertz CT molecular complexity index is 788. The Morgan fingerprint density at radius 2 is 1.66 bits per heavy atom. The van der Waals surface area contributed by atoms with Gasteiger partial charge in [-0.25, -0.2) is 0 Å². The van der Waals surface area contributed by atoms with Crippen LogP contribution in [0.25, 0.3) is 0 Å². The summed E-state index contributed by atoms with van der Waals surface area (Å²) in [6.45, 7) is 6.93. The summed E-state index contributed by atoms with van der Waals surface area (Å²) in [5, 5.41) is 3.59. The number of unbranched alkanes of at least 4 members (excludes halogenated alkanes) is 1. The Hall–Kier alpha value is -2.33. The Labute approximate surface area is 179 Å². The van der Waals surface area contributed by atoms with Gasteiger partial charge >= 0.3 is 0 Å². The Morgan fingerprint density at radius 3 is 2.28 bits per heavy atom. The van der Waals surface area contributed by atoms with E-state index in [4.69, 9.17) is 11.6 Å². The first-order valence-corrected chi connectivity index (χ1v) is 10.7. The average Bonchev–Trinajstić information content (AvgIpc) is 2.72. The number of carbonyl (C=O) groups is 2. The first kappa shape index (κ1) is 23.0. The number of nitrogens with zero attached hydrogens (tertiary/aromatic N) is 1. The monoisotopic (exact) mass is 414 g/mol. The summed E-state index contributed by atoms with van der Waals surface area (Å²) in [4.78, 5) is 27.3. The van der Waals surface area contributed by atoms with Crippen LogP contribution in [0.5, 0.6) is 0 Å². The van der Waals surface area contributed by atoms with Gasteiger partial charge in [0.1, 0.15) is 6.04 Å². The molecule has 2 rings (SSSR count). The van der Waals surface area contributed by atoms with Gasteiger partial charge in [0.15, 0.2) is 0 Å². The lowest BCUT2D eigenvalue weighted by Crippen LogP contribution is -2.47. The number of hydrogen-bond acceptors (Lipinski definition) is 2. The van der Waals surface area contributed by atoms with E-state index in [0.29, 0.717) is 31.0 Å². The zero-order chi connectivity index (χ0) is 21.2. The molecule has 1 unspecified atom stereocenters. The van der Waals surface area contributed by atoms with Crippen molar-refractivity contribution >= 4 is 23.4 Å². The normalized spacial score (nSPS) is 11.7. The summed E-state index contributed by atoms with van der Waals surface area (Å²) in [7, 11) is 0. The van der Waals surface area contributed by atoms with Crippen molar-refractivity contribution in [1.82, 2.24) is 10.2 Å². The van der Waals surface area contributed by atoms with Crippen LogP contribution in [0.1, 0.15) is 49.8 Å². The van der Waals surface area contributed by atoms with Gasteiger partial charge in [-0.2, -0.15) is 0 Å². The molecule has 0 aliphatic rings. The van der Waals surface area contributed by atoms with E-state index in [9.17, 15) is 9.59 Å². The molecule has 1 N–H and O–H groups in total. The van der Waals surface area contributed by atoms with E-state index >= 15 is 0 Å². The van der Waals surface area contributed by atoms with Gasteiger partial charge in [-0.3, -0.25) is 9.59 Å². The molecule has 0 heterocycles. The lowest BCUT2D eigenvalue weighted by molar-refractivity contribution is -0.140. The van der Waals surface area contributed by atoms with Crippen molar-refractivity contribution in [2.45, 2.75) is 59.0 Å². The number of amides is 2. The molecule has 2 aromatic rings. The molecular formula is C24H31ClN2O2. The van der Waals surface area contributed by atoms with Crippen LogP contribution in [0.4, 0.5) is 0 Å². The predicted octanol–water partition coefficient (Wildman–Crippen LogP) is 4.91. The van der Waals surface area contributed by atoms with Gasteiger partial charge in [-0.15, -0.1) is 0 Å². The minimum absolute atomic E-state index is 0.0290. The van der Waals surface area contributed by atoms with Crippen LogP contribution in [0.3, 0.4) is 0 Å². The Kier molecular flexibility index (Phi) is 9.20. The number of benzene rings is 2. The molecule has 29 heavy (non-hydrogen) atoms. The first-order valence-electron chi connectivity index (χ1n) is 10.3. The second-order valence-electron chi connectivity index (χ2n) is 7.45. The molecule has 0 radical (unpaired) electrons. The van der Waals surface area contributed by atoms with Crippen molar-refractivity contribution in [1.29, 1.82) is 0 Å². The third-order valence-corrected chi connectivity index (χ3v) is 5.26.